The molecule has 43 heavy (non-hydrogen) atoms. The molecule has 0 aliphatic rings. The summed E-state index contributed by atoms with van der Waals surface area (Å²) in [4.78, 5) is 61.5. The van der Waals surface area contributed by atoms with Gasteiger partial charge in [0, 0.05) is 47.5 Å². The minimum Gasteiger partial charge on any atom is -0.394 e. The van der Waals surface area contributed by atoms with Gasteiger partial charge in [0.2, 0.25) is 11.8 Å². The van der Waals surface area contributed by atoms with Gasteiger partial charge in [0.05, 0.1) is 18.1 Å². The minimum absolute atomic E-state index is 0.0617. The lowest BCUT2D eigenvalue weighted by atomic mass is 10.0. The Morgan fingerprint density at radius 2 is 1.21 bits per heavy atom. The zero-order valence-corrected chi connectivity index (χ0v) is 24.1. The van der Waals surface area contributed by atoms with Crippen LogP contribution >= 0.6 is 0 Å². The molecule has 2 atom stereocenters. The zero-order chi connectivity index (χ0) is 31.8. The van der Waals surface area contributed by atoms with Gasteiger partial charge >= 0.3 is 0 Å². The first-order valence-electron chi connectivity index (χ1n) is 13.9. The Hall–Kier alpha value is -4.80. The highest BCUT2D eigenvalue weighted by atomic mass is 16.6. The van der Waals surface area contributed by atoms with Crippen LogP contribution in [-0.4, -0.2) is 77.2 Å². The Morgan fingerprint density at radius 3 is 1.60 bits per heavy atom. The molecule has 0 aliphatic heterocycles. The summed E-state index contributed by atoms with van der Waals surface area (Å²) >= 11 is 0. The van der Waals surface area contributed by atoms with Crippen molar-refractivity contribution < 1.29 is 34.3 Å². The number of aliphatic hydroxyl groups excluding tert-OH is 2. The number of nitro groups is 1. The molecule has 4 amide bonds. The van der Waals surface area contributed by atoms with E-state index in [0.717, 1.165) is 25.7 Å². The van der Waals surface area contributed by atoms with Crippen LogP contribution in [0.1, 0.15) is 71.4 Å². The van der Waals surface area contributed by atoms with Crippen molar-refractivity contribution in [2.24, 2.45) is 0 Å². The fraction of sp³-hybridized carbons (Fsp3) is 0.400. The van der Waals surface area contributed by atoms with Crippen LogP contribution in [0.15, 0.2) is 42.5 Å². The van der Waals surface area contributed by atoms with E-state index >= 15 is 0 Å². The summed E-state index contributed by atoms with van der Waals surface area (Å²) in [6.45, 7) is 3.31. The lowest BCUT2D eigenvalue weighted by Crippen LogP contribution is -2.49. The first-order valence-corrected chi connectivity index (χ1v) is 13.9. The summed E-state index contributed by atoms with van der Waals surface area (Å²) in [5, 5.41) is 40.5. The number of hydrogen-bond acceptors (Lipinski definition) is 8. The molecule has 0 saturated heterocycles. The Morgan fingerprint density at radius 1 is 0.767 bits per heavy atom. The van der Waals surface area contributed by atoms with Gasteiger partial charge in [0.1, 0.15) is 12.1 Å². The topological polar surface area (TPSA) is 200 Å². The molecule has 230 valence electrons. The molecular weight excluding hydrogens is 558 g/mol. The standard InChI is InChI=1S/C30H37N5O8/c1-3-5-13-31-29(40)25(18-36)33-27(38)22-15-21(8-7-20-9-11-24(12-10-20)35(42)43)16-23(17-22)28(39)34-26(19-37)30(41)32-14-6-4-2/h9-12,15-17,25-26,36-37H,3-6,13-14,18-19H2,1-2H3,(H,31,40)(H,32,41)(H,33,38)(H,34,39). The highest BCUT2D eigenvalue weighted by molar-refractivity contribution is 6.02. The number of carbonyl (C=O) groups excluding carboxylic acids is 4. The highest BCUT2D eigenvalue weighted by Crippen LogP contribution is 2.14. The fourth-order valence-corrected chi connectivity index (χ4v) is 3.67. The molecule has 0 aromatic heterocycles. The van der Waals surface area contributed by atoms with Gasteiger partial charge in [-0.25, -0.2) is 0 Å². The van der Waals surface area contributed by atoms with Gasteiger partial charge < -0.3 is 31.5 Å². The zero-order valence-electron chi connectivity index (χ0n) is 24.1. The maximum Gasteiger partial charge on any atom is 0.269 e. The van der Waals surface area contributed by atoms with Gasteiger partial charge in [-0.05, 0) is 43.2 Å². The molecule has 6 N–H and O–H groups in total. The van der Waals surface area contributed by atoms with Crippen molar-refractivity contribution in [1.29, 1.82) is 0 Å². The van der Waals surface area contributed by atoms with E-state index in [1.165, 1.54) is 42.5 Å². The lowest BCUT2D eigenvalue weighted by Gasteiger charge is -2.18. The average molecular weight is 596 g/mol. The monoisotopic (exact) mass is 595 g/mol. The smallest absolute Gasteiger partial charge is 0.269 e. The second-order valence-electron chi connectivity index (χ2n) is 9.56. The van der Waals surface area contributed by atoms with Crippen molar-refractivity contribution in [1.82, 2.24) is 21.3 Å². The number of carbonyl (C=O) groups is 4. The van der Waals surface area contributed by atoms with E-state index in [-0.39, 0.29) is 22.4 Å². The summed E-state index contributed by atoms with van der Waals surface area (Å²) in [5.74, 6) is 2.94. The summed E-state index contributed by atoms with van der Waals surface area (Å²) < 4.78 is 0. The van der Waals surface area contributed by atoms with Crippen molar-refractivity contribution in [3.05, 3.63) is 74.8 Å². The summed E-state index contributed by atoms with van der Waals surface area (Å²) in [7, 11) is 0. The van der Waals surface area contributed by atoms with E-state index in [9.17, 15) is 39.5 Å². The predicted molar refractivity (Wildman–Crippen MR) is 158 cm³/mol. The van der Waals surface area contributed by atoms with Crippen molar-refractivity contribution in [2.45, 2.75) is 51.6 Å². The molecule has 2 aromatic rings. The molecule has 13 nitrogen and oxygen atoms in total. The molecular formula is C30H37N5O8. The van der Waals surface area contributed by atoms with Gasteiger partial charge in [-0.3, -0.25) is 29.3 Å². The quantitative estimate of drug-likeness (QED) is 0.0758. The summed E-state index contributed by atoms with van der Waals surface area (Å²) in [5.41, 5.74) is 0.399. The van der Waals surface area contributed by atoms with E-state index in [2.05, 4.69) is 33.1 Å². The largest absolute Gasteiger partial charge is 0.394 e. The van der Waals surface area contributed by atoms with Crippen LogP contribution in [0.5, 0.6) is 0 Å². The van der Waals surface area contributed by atoms with E-state index in [4.69, 9.17) is 0 Å². The lowest BCUT2D eigenvalue weighted by molar-refractivity contribution is -0.384. The third kappa shape index (κ3) is 11.2. The number of nitrogens with one attached hydrogen (secondary N) is 4. The molecule has 0 aliphatic carbocycles. The summed E-state index contributed by atoms with van der Waals surface area (Å²) in [6.07, 6.45) is 3.12. The second-order valence-corrected chi connectivity index (χ2v) is 9.56. The maximum atomic E-state index is 13.1. The van der Waals surface area contributed by atoms with Gasteiger partial charge in [0.15, 0.2) is 0 Å². The number of aliphatic hydroxyl groups is 2. The van der Waals surface area contributed by atoms with Crippen LogP contribution in [0.25, 0.3) is 0 Å². The number of nitro benzene ring substituents is 1. The van der Waals surface area contributed by atoms with E-state index in [1.807, 2.05) is 13.8 Å². The van der Waals surface area contributed by atoms with Gasteiger partial charge in [-0.15, -0.1) is 0 Å². The van der Waals surface area contributed by atoms with Gasteiger partial charge in [-0.1, -0.05) is 38.5 Å². The van der Waals surface area contributed by atoms with Crippen LogP contribution in [0, 0.1) is 22.0 Å². The first-order chi connectivity index (χ1) is 20.6. The third-order valence-electron chi connectivity index (χ3n) is 6.15. The molecule has 0 fully saturated rings. The number of hydrogen-bond donors (Lipinski definition) is 6. The normalized spacial score (nSPS) is 11.7. The molecule has 2 unspecified atom stereocenters. The van der Waals surface area contributed by atoms with Crippen molar-refractivity contribution >= 4 is 29.3 Å². The first kappa shape index (κ1) is 34.4. The van der Waals surface area contributed by atoms with E-state index < -0.39 is 53.8 Å². The molecule has 0 heterocycles. The van der Waals surface area contributed by atoms with Gasteiger partial charge in [0.25, 0.3) is 17.5 Å². The molecule has 2 aromatic carbocycles. The van der Waals surface area contributed by atoms with Crippen molar-refractivity contribution in [3.63, 3.8) is 0 Å². The molecule has 0 radical (unpaired) electrons. The Bertz CT molecular complexity index is 1290. The SMILES string of the molecule is CCCCNC(=O)C(CO)NC(=O)c1cc(C#Cc2ccc([N+](=O)[O-])cc2)cc(C(=O)NC(CO)C(=O)NCCCC)c1. The number of unbranched alkanes of at least 4 members (excludes halogenated alkanes) is 2. The van der Waals surface area contributed by atoms with E-state index in [0.29, 0.717) is 18.7 Å². The Kier molecular flexibility index (Phi) is 14.3. The van der Waals surface area contributed by atoms with Crippen LogP contribution in [0.4, 0.5) is 5.69 Å². The van der Waals surface area contributed by atoms with E-state index in [1.54, 1.807) is 0 Å². The number of nitrogens with zero attached hydrogens (tertiary/aromatic N) is 1. The molecule has 0 bridgehead atoms. The number of non-ortho nitro benzene ring substituents is 1. The minimum atomic E-state index is -1.25. The van der Waals surface area contributed by atoms with Crippen LogP contribution < -0.4 is 21.3 Å². The van der Waals surface area contributed by atoms with Crippen LogP contribution in [0.3, 0.4) is 0 Å². The number of amides is 4. The van der Waals surface area contributed by atoms with Crippen molar-refractivity contribution in [3.8, 4) is 11.8 Å². The second kappa shape index (κ2) is 17.9. The molecule has 13 heteroatoms. The molecule has 0 saturated carbocycles. The predicted octanol–water partition coefficient (Wildman–Crippen LogP) is 1.01. The maximum absolute atomic E-state index is 13.1. The Balaban J connectivity index is 2.39. The van der Waals surface area contributed by atoms with Crippen molar-refractivity contribution in [2.75, 3.05) is 26.3 Å². The molecule has 0 spiro atoms. The van der Waals surface area contributed by atoms with Crippen LogP contribution in [0.2, 0.25) is 0 Å². The third-order valence-corrected chi connectivity index (χ3v) is 6.15. The van der Waals surface area contributed by atoms with Crippen LogP contribution in [-0.2, 0) is 9.59 Å². The Labute approximate surface area is 249 Å². The average Bonchev–Trinajstić information content (AvgIpc) is 3.01. The number of benzene rings is 2. The van der Waals surface area contributed by atoms with Gasteiger partial charge in [-0.2, -0.15) is 0 Å². The fourth-order valence-electron chi connectivity index (χ4n) is 3.67. The highest BCUT2D eigenvalue weighted by Gasteiger charge is 2.23. The molecule has 2 rings (SSSR count). The number of rotatable bonds is 15. The summed E-state index contributed by atoms with van der Waals surface area (Å²) in [6, 6.07) is 6.94.